The number of hydrogen-bond donors (Lipinski definition) is 1. The fourth-order valence-corrected chi connectivity index (χ4v) is 1.24. The first kappa shape index (κ1) is 14.8. The molecule has 0 unspecified atom stereocenters. The van der Waals surface area contributed by atoms with E-state index < -0.39 is 0 Å². The van der Waals surface area contributed by atoms with Crippen molar-refractivity contribution in [3.63, 3.8) is 0 Å². The van der Waals surface area contributed by atoms with E-state index in [4.69, 9.17) is 9.84 Å². The van der Waals surface area contributed by atoms with Gasteiger partial charge in [0.05, 0.1) is 19.3 Å². The van der Waals surface area contributed by atoms with Crippen LogP contribution in [0, 0.1) is 11.8 Å². The Morgan fingerprint density at radius 2 is 2.11 bits per heavy atom. The van der Waals surface area contributed by atoms with Crippen molar-refractivity contribution in [2.75, 3.05) is 20.3 Å². The molecule has 0 bridgehead atoms. The fraction of sp³-hybridized carbons (Fsp3) is 0.267. The lowest BCUT2D eigenvalue weighted by molar-refractivity contribution is 0.0600. The topological polar surface area (TPSA) is 55.8 Å². The van der Waals surface area contributed by atoms with Gasteiger partial charge in [-0.25, -0.2) is 4.79 Å². The van der Waals surface area contributed by atoms with Gasteiger partial charge in [0.25, 0.3) is 0 Å². The molecule has 0 aromatic heterocycles. The molecule has 1 aromatic carbocycles. The number of aliphatic hydroxyl groups is 1. The van der Waals surface area contributed by atoms with Crippen molar-refractivity contribution >= 4 is 5.97 Å². The Bertz CT molecular complexity index is 477. The highest BCUT2D eigenvalue weighted by Gasteiger charge is 2.03. The van der Waals surface area contributed by atoms with Gasteiger partial charge in [-0.15, -0.1) is 0 Å². The normalized spacial score (nSPS) is 9.79. The van der Waals surface area contributed by atoms with Crippen molar-refractivity contribution in [1.29, 1.82) is 0 Å². The molecule has 100 valence electrons. The Kier molecular flexibility index (Phi) is 6.85. The van der Waals surface area contributed by atoms with Gasteiger partial charge in [-0.05, 0) is 36.4 Å². The number of ether oxygens (including phenoxy) is 2. The molecular weight excluding hydrogens is 244 g/mol. The average molecular weight is 260 g/mol. The minimum atomic E-state index is -0.370. The maximum atomic E-state index is 11.2. The number of aliphatic hydroxyl groups excluding tert-OH is 1. The largest absolute Gasteiger partial charge is 0.490 e. The van der Waals surface area contributed by atoms with E-state index in [1.54, 1.807) is 36.4 Å². The number of hydrogen-bond acceptors (Lipinski definition) is 4. The lowest BCUT2D eigenvalue weighted by atomic mass is 10.2. The summed E-state index contributed by atoms with van der Waals surface area (Å²) >= 11 is 0. The molecule has 1 aromatic rings. The van der Waals surface area contributed by atoms with E-state index in [9.17, 15) is 4.79 Å². The summed E-state index contributed by atoms with van der Waals surface area (Å²) in [6.45, 7) is 0.468. The van der Waals surface area contributed by atoms with E-state index in [-0.39, 0.29) is 12.6 Å². The predicted molar refractivity (Wildman–Crippen MR) is 71.9 cm³/mol. The summed E-state index contributed by atoms with van der Waals surface area (Å²) < 4.78 is 10.0. The number of rotatable bonds is 5. The molecule has 0 spiro atoms. The molecule has 19 heavy (non-hydrogen) atoms. The lowest BCUT2D eigenvalue weighted by Crippen LogP contribution is -2.01. The van der Waals surface area contributed by atoms with Crippen LogP contribution in [-0.4, -0.2) is 31.4 Å². The van der Waals surface area contributed by atoms with E-state index >= 15 is 0 Å². The summed E-state index contributed by atoms with van der Waals surface area (Å²) in [5, 5.41) is 8.51. The SMILES string of the molecule is COC(=O)c1ccc(OC/C=C/C#CCCO)cc1. The Labute approximate surface area is 112 Å². The van der Waals surface area contributed by atoms with E-state index in [1.165, 1.54) is 7.11 Å². The Morgan fingerprint density at radius 1 is 1.37 bits per heavy atom. The smallest absolute Gasteiger partial charge is 0.337 e. The number of carbonyl (C=O) groups excluding carboxylic acids is 1. The zero-order valence-corrected chi connectivity index (χ0v) is 10.8. The summed E-state index contributed by atoms with van der Waals surface area (Å²) in [7, 11) is 1.34. The minimum Gasteiger partial charge on any atom is -0.490 e. The molecule has 0 amide bonds. The minimum absolute atomic E-state index is 0.0733. The van der Waals surface area contributed by atoms with E-state index in [2.05, 4.69) is 16.6 Å². The van der Waals surface area contributed by atoms with Gasteiger partial charge in [0, 0.05) is 6.42 Å². The quantitative estimate of drug-likeness (QED) is 0.648. The van der Waals surface area contributed by atoms with Gasteiger partial charge in [0.15, 0.2) is 0 Å². The van der Waals surface area contributed by atoms with Crippen LogP contribution in [-0.2, 0) is 4.74 Å². The molecular formula is C15H16O4. The van der Waals surface area contributed by atoms with Crippen LogP contribution in [0.3, 0.4) is 0 Å². The average Bonchev–Trinajstić information content (AvgIpc) is 2.46. The highest BCUT2D eigenvalue weighted by atomic mass is 16.5. The second kappa shape index (κ2) is 8.78. The molecule has 4 heteroatoms. The molecule has 1 N–H and O–H groups in total. The molecule has 0 aliphatic heterocycles. The molecule has 0 heterocycles. The number of allylic oxidation sites excluding steroid dienone is 1. The first-order valence-electron chi connectivity index (χ1n) is 5.83. The molecule has 0 saturated carbocycles. The van der Waals surface area contributed by atoms with Crippen molar-refractivity contribution in [3.05, 3.63) is 42.0 Å². The maximum Gasteiger partial charge on any atom is 0.337 e. The second-order valence-corrected chi connectivity index (χ2v) is 3.52. The molecule has 0 aliphatic carbocycles. The van der Waals surface area contributed by atoms with Crippen molar-refractivity contribution < 1.29 is 19.4 Å². The van der Waals surface area contributed by atoms with Crippen LogP contribution in [0.5, 0.6) is 5.75 Å². The summed E-state index contributed by atoms with van der Waals surface area (Å²) in [5.74, 6) is 5.84. The highest BCUT2D eigenvalue weighted by molar-refractivity contribution is 5.89. The van der Waals surface area contributed by atoms with Crippen molar-refractivity contribution in [1.82, 2.24) is 0 Å². The number of carbonyl (C=O) groups is 1. The van der Waals surface area contributed by atoms with Crippen LogP contribution >= 0.6 is 0 Å². The zero-order chi connectivity index (χ0) is 13.9. The van der Waals surface area contributed by atoms with Crippen molar-refractivity contribution in [3.8, 4) is 17.6 Å². The molecule has 0 atom stereocenters. The first-order valence-corrected chi connectivity index (χ1v) is 5.83. The summed E-state index contributed by atoms with van der Waals surface area (Å²) in [6.07, 6.45) is 3.93. The van der Waals surface area contributed by atoms with Gasteiger partial charge in [-0.2, -0.15) is 0 Å². The molecule has 0 fully saturated rings. The molecule has 1 rings (SSSR count). The Morgan fingerprint density at radius 3 is 2.74 bits per heavy atom. The fourth-order valence-electron chi connectivity index (χ4n) is 1.24. The van der Waals surface area contributed by atoms with Gasteiger partial charge < -0.3 is 14.6 Å². The Hall–Kier alpha value is -2.25. The molecule has 4 nitrogen and oxygen atoms in total. The molecule has 0 radical (unpaired) electrons. The van der Waals surface area contributed by atoms with Crippen LogP contribution in [0.15, 0.2) is 36.4 Å². The third-order valence-corrected chi connectivity index (χ3v) is 2.16. The van der Waals surface area contributed by atoms with Crippen LogP contribution in [0.2, 0.25) is 0 Å². The summed E-state index contributed by atoms with van der Waals surface area (Å²) in [4.78, 5) is 11.2. The van der Waals surface area contributed by atoms with Crippen LogP contribution in [0.4, 0.5) is 0 Å². The zero-order valence-electron chi connectivity index (χ0n) is 10.8. The Balaban J connectivity index is 2.38. The van der Waals surface area contributed by atoms with Crippen LogP contribution in [0.25, 0.3) is 0 Å². The van der Waals surface area contributed by atoms with Crippen LogP contribution in [0.1, 0.15) is 16.8 Å². The monoisotopic (exact) mass is 260 g/mol. The highest BCUT2D eigenvalue weighted by Crippen LogP contribution is 2.12. The predicted octanol–water partition coefficient (Wildman–Crippen LogP) is 1.79. The third-order valence-electron chi connectivity index (χ3n) is 2.16. The first-order chi connectivity index (χ1) is 9.27. The van der Waals surface area contributed by atoms with Gasteiger partial charge in [0.2, 0.25) is 0 Å². The number of esters is 1. The van der Waals surface area contributed by atoms with Gasteiger partial charge >= 0.3 is 5.97 Å². The summed E-state index contributed by atoms with van der Waals surface area (Å²) in [5.41, 5.74) is 0.486. The maximum absolute atomic E-state index is 11.2. The van der Waals surface area contributed by atoms with E-state index in [0.29, 0.717) is 24.3 Å². The third kappa shape index (κ3) is 5.75. The van der Waals surface area contributed by atoms with E-state index in [0.717, 1.165) is 0 Å². The molecule has 0 aliphatic rings. The van der Waals surface area contributed by atoms with Gasteiger partial charge in [-0.1, -0.05) is 11.8 Å². The number of methoxy groups -OCH3 is 1. The van der Waals surface area contributed by atoms with Gasteiger partial charge in [-0.3, -0.25) is 0 Å². The van der Waals surface area contributed by atoms with E-state index in [1.807, 2.05) is 0 Å². The lowest BCUT2D eigenvalue weighted by Gasteiger charge is -2.03. The van der Waals surface area contributed by atoms with Crippen molar-refractivity contribution in [2.45, 2.75) is 6.42 Å². The number of benzene rings is 1. The standard InChI is InChI=1S/C15H16O4/c1-18-15(17)13-7-9-14(10-8-13)19-12-6-4-2-3-5-11-16/h4,6-10,16H,5,11-12H2,1H3/b6-4+. The van der Waals surface area contributed by atoms with Crippen molar-refractivity contribution in [2.24, 2.45) is 0 Å². The molecule has 0 saturated heterocycles. The van der Waals surface area contributed by atoms with Gasteiger partial charge in [0.1, 0.15) is 12.4 Å². The van der Waals surface area contributed by atoms with Crippen LogP contribution < -0.4 is 4.74 Å². The summed E-state index contributed by atoms with van der Waals surface area (Å²) in [6, 6.07) is 6.70. The second-order valence-electron chi connectivity index (χ2n) is 3.52.